The molecule has 0 radical (unpaired) electrons. The van der Waals surface area contributed by atoms with Crippen LogP contribution in [0, 0.1) is 0 Å². The first-order chi connectivity index (χ1) is 8.95. The fraction of sp³-hybridized carbons (Fsp3) is 0.545. The van der Waals surface area contributed by atoms with Crippen LogP contribution in [-0.2, 0) is 14.8 Å². The van der Waals surface area contributed by atoms with Crippen LogP contribution >= 0.6 is 0 Å². The number of piperidine rings is 1. The van der Waals surface area contributed by atoms with Crippen molar-refractivity contribution in [2.24, 2.45) is 5.73 Å². The Balaban J connectivity index is 2.20. The molecule has 0 aliphatic carbocycles. The highest BCUT2D eigenvalue weighted by Gasteiger charge is 2.31. The molecule has 1 aliphatic rings. The van der Waals surface area contributed by atoms with Gasteiger partial charge in [0, 0.05) is 19.1 Å². The van der Waals surface area contributed by atoms with Gasteiger partial charge in [0.15, 0.2) is 0 Å². The Labute approximate surface area is 111 Å². The molecule has 7 nitrogen and oxygen atoms in total. The summed E-state index contributed by atoms with van der Waals surface area (Å²) in [7, 11) is -2.50. The van der Waals surface area contributed by atoms with E-state index in [1.807, 2.05) is 0 Å². The zero-order valence-electron chi connectivity index (χ0n) is 10.5. The molecule has 2 rings (SSSR count). The molecule has 8 heteroatoms. The highest BCUT2D eigenvalue weighted by molar-refractivity contribution is 7.89. The second-order valence-electron chi connectivity index (χ2n) is 4.35. The van der Waals surface area contributed by atoms with E-state index in [1.165, 1.54) is 23.5 Å². The van der Waals surface area contributed by atoms with E-state index in [0.717, 1.165) is 0 Å². The number of nitrogens with zero attached hydrogens (tertiary/aromatic N) is 1. The van der Waals surface area contributed by atoms with Gasteiger partial charge in [-0.3, -0.25) is 0 Å². The molecule has 1 saturated heterocycles. The van der Waals surface area contributed by atoms with Gasteiger partial charge < -0.3 is 14.9 Å². The molecule has 1 aromatic rings. The predicted molar refractivity (Wildman–Crippen MR) is 66.0 cm³/mol. The molecule has 0 aromatic carbocycles. The van der Waals surface area contributed by atoms with Gasteiger partial charge in [0.1, 0.15) is 0 Å². The Morgan fingerprint density at radius 2 is 2.05 bits per heavy atom. The third-order valence-corrected chi connectivity index (χ3v) is 4.83. The second kappa shape index (κ2) is 5.32. The number of methoxy groups -OCH3 is 1. The van der Waals surface area contributed by atoms with Gasteiger partial charge in [-0.05, 0) is 25.0 Å². The number of hydrogen-bond donors (Lipinski definition) is 1. The van der Waals surface area contributed by atoms with Crippen LogP contribution in [0.3, 0.4) is 0 Å². The minimum atomic E-state index is -3.70. The summed E-state index contributed by atoms with van der Waals surface area (Å²) in [6.07, 6.45) is 1.23. The lowest BCUT2D eigenvalue weighted by molar-refractivity contribution is 0.0558. The summed E-state index contributed by atoms with van der Waals surface area (Å²) < 4.78 is 35.3. The van der Waals surface area contributed by atoms with Crippen molar-refractivity contribution in [3.63, 3.8) is 0 Å². The van der Waals surface area contributed by atoms with E-state index >= 15 is 0 Å². The average molecular weight is 288 g/mol. The third-order valence-electron chi connectivity index (χ3n) is 3.06. The number of nitrogens with two attached hydrogens (primary N) is 1. The lowest BCUT2D eigenvalue weighted by atomic mass is 10.1. The fourth-order valence-corrected chi connectivity index (χ4v) is 3.29. The lowest BCUT2D eigenvalue weighted by Crippen LogP contribution is -2.42. The van der Waals surface area contributed by atoms with E-state index < -0.39 is 16.0 Å². The van der Waals surface area contributed by atoms with Crippen LogP contribution in [0.15, 0.2) is 21.6 Å². The number of esters is 1. The molecule has 1 aliphatic heterocycles. The monoisotopic (exact) mass is 288 g/mol. The molecule has 0 bridgehead atoms. The Kier molecular flexibility index (Phi) is 3.93. The van der Waals surface area contributed by atoms with Gasteiger partial charge in [-0.25, -0.2) is 13.2 Å². The average Bonchev–Trinajstić information content (AvgIpc) is 2.88. The first kappa shape index (κ1) is 14.0. The summed E-state index contributed by atoms with van der Waals surface area (Å²) in [5.41, 5.74) is 5.73. The first-order valence-corrected chi connectivity index (χ1v) is 7.33. The molecule has 106 valence electrons. The van der Waals surface area contributed by atoms with Crippen molar-refractivity contribution in [1.82, 2.24) is 4.31 Å². The van der Waals surface area contributed by atoms with Crippen molar-refractivity contribution in [1.29, 1.82) is 0 Å². The maximum Gasteiger partial charge on any atom is 0.374 e. The van der Waals surface area contributed by atoms with Crippen molar-refractivity contribution < 1.29 is 22.4 Å². The highest BCUT2D eigenvalue weighted by Crippen LogP contribution is 2.22. The molecule has 0 atom stereocenters. The van der Waals surface area contributed by atoms with Crippen LogP contribution in [0.4, 0.5) is 0 Å². The molecule has 1 aromatic heterocycles. The van der Waals surface area contributed by atoms with Crippen LogP contribution in [0.25, 0.3) is 0 Å². The fourth-order valence-electron chi connectivity index (χ4n) is 1.91. The molecular weight excluding hydrogens is 272 g/mol. The summed E-state index contributed by atoms with van der Waals surface area (Å²) in [5.74, 6) is -0.836. The molecule has 0 unspecified atom stereocenters. The number of ether oxygens (including phenoxy) is 1. The number of carbonyl (C=O) groups is 1. The third kappa shape index (κ3) is 2.80. The van der Waals surface area contributed by atoms with E-state index in [9.17, 15) is 13.2 Å². The van der Waals surface area contributed by atoms with Crippen LogP contribution < -0.4 is 5.73 Å². The van der Waals surface area contributed by atoms with Crippen molar-refractivity contribution >= 4 is 16.0 Å². The van der Waals surface area contributed by atoms with Crippen LogP contribution in [-0.4, -0.2) is 44.9 Å². The van der Waals surface area contributed by atoms with Crippen molar-refractivity contribution in [2.75, 3.05) is 20.2 Å². The summed E-state index contributed by atoms with van der Waals surface area (Å²) >= 11 is 0. The van der Waals surface area contributed by atoms with Gasteiger partial charge in [0.05, 0.1) is 7.11 Å². The molecule has 19 heavy (non-hydrogen) atoms. The quantitative estimate of drug-likeness (QED) is 0.796. The second-order valence-corrected chi connectivity index (χ2v) is 6.22. The SMILES string of the molecule is COC(=O)c1ccc(S(=O)(=O)N2CCC(N)CC2)o1. The maximum atomic E-state index is 12.3. The van der Waals surface area contributed by atoms with E-state index in [1.54, 1.807) is 0 Å². The minimum Gasteiger partial charge on any atom is -0.463 e. The maximum absolute atomic E-state index is 12.3. The van der Waals surface area contributed by atoms with Gasteiger partial charge >= 0.3 is 5.97 Å². The molecule has 2 heterocycles. The molecule has 0 amide bonds. The Hall–Kier alpha value is -1.38. The zero-order chi connectivity index (χ0) is 14.0. The predicted octanol–water partition coefficient (Wildman–Crippen LogP) is 0.178. The standard InChI is InChI=1S/C11H16N2O5S/c1-17-11(14)9-2-3-10(18-9)19(15,16)13-6-4-8(12)5-7-13/h2-3,8H,4-7,12H2,1H3. The molecule has 0 saturated carbocycles. The van der Waals surface area contributed by atoms with Gasteiger partial charge in [-0.2, -0.15) is 4.31 Å². The zero-order valence-corrected chi connectivity index (χ0v) is 11.4. The smallest absolute Gasteiger partial charge is 0.374 e. The lowest BCUT2D eigenvalue weighted by Gasteiger charge is -2.28. The molecular formula is C11H16N2O5S. The van der Waals surface area contributed by atoms with Crippen molar-refractivity contribution in [3.8, 4) is 0 Å². The molecule has 1 fully saturated rings. The number of rotatable bonds is 3. The summed E-state index contributed by atoms with van der Waals surface area (Å²) in [6.45, 7) is 0.718. The Morgan fingerprint density at radius 3 is 2.63 bits per heavy atom. The normalized spacial score (nSPS) is 18.4. The minimum absolute atomic E-state index is 0.0358. The van der Waals surface area contributed by atoms with Gasteiger partial charge in [0.2, 0.25) is 10.9 Å². The van der Waals surface area contributed by atoms with E-state index in [0.29, 0.717) is 25.9 Å². The van der Waals surface area contributed by atoms with Crippen molar-refractivity contribution in [2.45, 2.75) is 24.0 Å². The number of sulfonamides is 1. The molecule has 0 spiro atoms. The van der Waals surface area contributed by atoms with Crippen LogP contribution in [0.1, 0.15) is 23.4 Å². The summed E-state index contributed by atoms with van der Waals surface area (Å²) in [4.78, 5) is 11.2. The summed E-state index contributed by atoms with van der Waals surface area (Å²) in [5, 5.41) is -0.247. The first-order valence-electron chi connectivity index (χ1n) is 5.89. The van der Waals surface area contributed by atoms with Gasteiger partial charge in [-0.1, -0.05) is 0 Å². The van der Waals surface area contributed by atoms with E-state index in [2.05, 4.69) is 4.74 Å². The topological polar surface area (TPSA) is 103 Å². The highest BCUT2D eigenvalue weighted by atomic mass is 32.2. The Morgan fingerprint density at radius 1 is 1.42 bits per heavy atom. The van der Waals surface area contributed by atoms with E-state index in [4.69, 9.17) is 10.2 Å². The van der Waals surface area contributed by atoms with Gasteiger partial charge in [0.25, 0.3) is 10.0 Å². The summed E-state index contributed by atoms with van der Waals surface area (Å²) in [6, 6.07) is 2.58. The number of furan rings is 1. The van der Waals surface area contributed by atoms with Crippen LogP contribution in [0.5, 0.6) is 0 Å². The van der Waals surface area contributed by atoms with Crippen LogP contribution in [0.2, 0.25) is 0 Å². The van der Waals surface area contributed by atoms with E-state index in [-0.39, 0.29) is 16.9 Å². The number of carbonyl (C=O) groups excluding carboxylic acids is 1. The number of hydrogen-bond acceptors (Lipinski definition) is 6. The largest absolute Gasteiger partial charge is 0.463 e. The molecule has 2 N–H and O–H groups in total. The Bertz CT molecular complexity index is 557. The van der Waals surface area contributed by atoms with Gasteiger partial charge in [-0.15, -0.1) is 0 Å². The van der Waals surface area contributed by atoms with Crippen molar-refractivity contribution in [3.05, 3.63) is 17.9 Å².